The second-order valence-electron chi connectivity index (χ2n) is 2.64. The van der Waals surface area contributed by atoms with Crippen LogP contribution in [-0.4, -0.2) is 17.7 Å². The number of rotatable bonds is 2. The lowest BCUT2D eigenvalue weighted by Gasteiger charge is -2.14. The van der Waals surface area contributed by atoms with E-state index in [0.29, 0.717) is 0 Å². The summed E-state index contributed by atoms with van der Waals surface area (Å²) in [5.41, 5.74) is -1.38. The van der Waals surface area contributed by atoms with E-state index in [1.807, 2.05) is 0 Å². The van der Waals surface area contributed by atoms with Gasteiger partial charge in [-0.15, -0.1) is 5.98 Å². The maximum atomic E-state index is 11.5. The van der Waals surface area contributed by atoms with Crippen molar-refractivity contribution >= 4 is 6.98 Å². The first-order valence-electron chi connectivity index (χ1n) is 2.83. The molecule has 0 bridgehead atoms. The highest BCUT2D eigenvalue weighted by Crippen LogP contribution is 2.12. The number of aliphatic hydroxyl groups is 1. The van der Waals surface area contributed by atoms with Gasteiger partial charge in [-0.3, -0.25) is 0 Å². The molecule has 0 amide bonds. The quantitative estimate of drug-likeness (QED) is 0.598. The standard InChI is InChI=1S/C5H9BF3O/c1-5(2,10)3-4-6(7,8)9/h3-4,10H,1-2H3/q-1/b4-3+. The summed E-state index contributed by atoms with van der Waals surface area (Å²) >= 11 is 0. The van der Waals surface area contributed by atoms with Crippen molar-refractivity contribution in [1.82, 2.24) is 0 Å². The Hall–Kier alpha value is -0.445. The summed E-state index contributed by atoms with van der Waals surface area (Å²) in [5, 5.41) is 8.80. The van der Waals surface area contributed by atoms with Crippen molar-refractivity contribution < 1.29 is 18.1 Å². The zero-order chi connectivity index (χ0) is 8.41. The third-order valence-corrected chi connectivity index (χ3v) is 0.722. The van der Waals surface area contributed by atoms with Crippen LogP contribution in [0.2, 0.25) is 0 Å². The van der Waals surface area contributed by atoms with Crippen LogP contribution in [0.4, 0.5) is 12.9 Å². The summed E-state index contributed by atoms with van der Waals surface area (Å²) in [6.07, 6.45) is 0.729. The maximum Gasteiger partial charge on any atom is 0.502 e. The molecule has 60 valence electrons. The molecule has 0 aliphatic carbocycles. The second-order valence-corrected chi connectivity index (χ2v) is 2.64. The number of hydrogen-bond donors (Lipinski definition) is 1. The average Bonchev–Trinajstić information content (AvgIpc) is 1.57. The fraction of sp³-hybridized carbons (Fsp3) is 0.600. The highest BCUT2D eigenvalue weighted by atomic mass is 19.4. The van der Waals surface area contributed by atoms with Crippen LogP contribution in [0, 0.1) is 0 Å². The van der Waals surface area contributed by atoms with Crippen LogP contribution in [0.1, 0.15) is 13.8 Å². The monoisotopic (exact) mass is 153 g/mol. The zero-order valence-electron chi connectivity index (χ0n) is 5.81. The van der Waals surface area contributed by atoms with Gasteiger partial charge in [0.15, 0.2) is 0 Å². The molecule has 10 heavy (non-hydrogen) atoms. The summed E-state index contributed by atoms with van der Waals surface area (Å²) in [6.45, 7) is -2.34. The molecule has 0 aromatic rings. The molecule has 0 aromatic carbocycles. The third-order valence-electron chi connectivity index (χ3n) is 0.722. The van der Waals surface area contributed by atoms with E-state index >= 15 is 0 Å². The van der Waals surface area contributed by atoms with Crippen LogP contribution in [0.15, 0.2) is 12.1 Å². The van der Waals surface area contributed by atoms with Gasteiger partial charge in [-0.05, 0) is 13.8 Å². The Morgan fingerprint density at radius 1 is 1.30 bits per heavy atom. The van der Waals surface area contributed by atoms with Crippen molar-refractivity contribution in [2.45, 2.75) is 19.4 Å². The van der Waals surface area contributed by atoms with Gasteiger partial charge in [0.2, 0.25) is 0 Å². The topological polar surface area (TPSA) is 20.2 Å². The fourth-order valence-corrected chi connectivity index (χ4v) is 0.345. The Bertz CT molecular complexity index is 117. The van der Waals surface area contributed by atoms with E-state index in [1.165, 1.54) is 13.8 Å². The molecule has 0 fully saturated rings. The number of hydrogen-bond acceptors (Lipinski definition) is 1. The first kappa shape index (κ1) is 9.55. The Morgan fingerprint density at radius 3 is 1.80 bits per heavy atom. The smallest absolute Gasteiger partial charge is 0.445 e. The molecule has 0 unspecified atom stereocenters. The molecule has 0 radical (unpaired) electrons. The highest BCUT2D eigenvalue weighted by molar-refractivity contribution is 6.64. The van der Waals surface area contributed by atoms with E-state index < -0.39 is 12.6 Å². The molecule has 0 aliphatic rings. The van der Waals surface area contributed by atoms with Crippen LogP contribution in [-0.2, 0) is 0 Å². The van der Waals surface area contributed by atoms with E-state index in [9.17, 15) is 12.9 Å². The summed E-state index contributed by atoms with van der Waals surface area (Å²) < 4.78 is 34.4. The lowest BCUT2D eigenvalue weighted by molar-refractivity contribution is 0.133. The molecule has 1 nitrogen and oxygen atoms in total. The zero-order valence-corrected chi connectivity index (χ0v) is 5.81. The van der Waals surface area contributed by atoms with Gasteiger partial charge in [-0.1, -0.05) is 6.08 Å². The molecule has 1 N–H and O–H groups in total. The van der Waals surface area contributed by atoms with Gasteiger partial charge >= 0.3 is 6.98 Å². The van der Waals surface area contributed by atoms with Crippen molar-refractivity contribution in [3.05, 3.63) is 12.1 Å². The highest BCUT2D eigenvalue weighted by Gasteiger charge is 2.19. The van der Waals surface area contributed by atoms with Crippen molar-refractivity contribution in [3.8, 4) is 0 Å². The Morgan fingerprint density at radius 2 is 1.70 bits per heavy atom. The Kier molecular flexibility index (Phi) is 2.54. The van der Waals surface area contributed by atoms with Gasteiger partial charge in [0.25, 0.3) is 0 Å². The predicted molar refractivity (Wildman–Crippen MR) is 34.5 cm³/mol. The van der Waals surface area contributed by atoms with Crippen LogP contribution in [0.3, 0.4) is 0 Å². The lowest BCUT2D eigenvalue weighted by atomic mass is 9.89. The van der Waals surface area contributed by atoms with Crippen LogP contribution in [0.5, 0.6) is 0 Å². The second kappa shape index (κ2) is 2.66. The van der Waals surface area contributed by atoms with Crippen LogP contribution >= 0.6 is 0 Å². The molecule has 0 saturated carbocycles. The van der Waals surface area contributed by atoms with Crippen molar-refractivity contribution in [1.29, 1.82) is 0 Å². The van der Waals surface area contributed by atoms with Gasteiger partial charge in [0.1, 0.15) is 0 Å². The Labute approximate surface area is 57.6 Å². The normalized spacial score (nSPS) is 14.6. The van der Waals surface area contributed by atoms with E-state index in [-0.39, 0.29) is 5.98 Å². The molecule has 5 heteroatoms. The van der Waals surface area contributed by atoms with Crippen LogP contribution < -0.4 is 0 Å². The van der Waals surface area contributed by atoms with Crippen molar-refractivity contribution in [3.63, 3.8) is 0 Å². The minimum Gasteiger partial charge on any atom is -0.445 e. The van der Waals surface area contributed by atoms with Crippen molar-refractivity contribution in [2.24, 2.45) is 0 Å². The third kappa shape index (κ3) is 7.55. The van der Waals surface area contributed by atoms with Gasteiger partial charge in [0, 0.05) is 0 Å². The molecule has 0 aromatic heterocycles. The SMILES string of the molecule is CC(C)(O)/C=C/[B-](F)(F)F. The maximum absolute atomic E-state index is 11.5. The first-order chi connectivity index (χ1) is 4.21. The van der Waals surface area contributed by atoms with Gasteiger partial charge in [-0.25, -0.2) is 0 Å². The summed E-state index contributed by atoms with van der Waals surface area (Å²) in [7, 11) is 0. The molecule has 0 spiro atoms. The first-order valence-corrected chi connectivity index (χ1v) is 2.83. The minimum absolute atomic E-state index is 0.0833. The average molecular weight is 153 g/mol. The van der Waals surface area contributed by atoms with E-state index in [2.05, 4.69) is 0 Å². The fourth-order valence-electron chi connectivity index (χ4n) is 0.345. The summed E-state index contributed by atoms with van der Waals surface area (Å²) in [4.78, 5) is 0. The predicted octanol–water partition coefficient (Wildman–Crippen LogP) is 1.70. The van der Waals surface area contributed by atoms with Gasteiger partial charge in [-0.2, -0.15) is 0 Å². The molecular weight excluding hydrogens is 144 g/mol. The Balaban J connectivity index is 4.01. The van der Waals surface area contributed by atoms with E-state index in [4.69, 9.17) is 5.11 Å². The van der Waals surface area contributed by atoms with E-state index in [1.54, 1.807) is 0 Å². The van der Waals surface area contributed by atoms with Gasteiger partial charge in [0.05, 0.1) is 5.60 Å². The lowest BCUT2D eigenvalue weighted by Crippen LogP contribution is -2.18. The van der Waals surface area contributed by atoms with Crippen molar-refractivity contribution in [2.75, 3.05) is 0 Å². The molecule has 0 rings (SSSR count). The van der Waals surface area contributed by atoms with E-state index in [0.717, 1.165) is 6.08 Å². The van der Waals surface area contributed by atoms with Gasteiger partial charge < -0.3 is 18.1 Å². The molecule has 0 saturated heterocycles. The minimum atomic E-state index is -4.91. The number of halogens is 3. The molecule has 0 heterocycles. The summed E-state index contributed by atoms with van der Waals surface area (Å²) in [6, 6.07) is 0. The molecule has 0 aliphatic heterocycles. The molecule has 0 atom stereocenters. The largest absolute Gasteiger partial charge is 0.502 e. The van der Waals surface area contributed by atoms with Crippen LogP contribution in [0.25, 0.3) is 0 Å². The molecular formula is C5H9BF3O-. The summed E-state index contributed by atoms with van der Waals surface area (Å²) in [5.74, 6) is 0.0833.